The highest BCUT2D eigenvalue weighted by Gasteiger charge is 2.65. The minimum absolute atomic E-state index is 0.0337. The fraction of sp³-hybridized carbons (Fsp3) is 0.605. The summed E-state index contributed by atoms with van der Waals surface area (Å²) in [6.07, 6.45) is 13.5. The number of aromatic nitrogens is 1. The molecule has 0 radical (unpaired) electrons. The molecule has 1 spiro atoms. The third-order valence-electron chi connectivity index (χ3n) is 14.3. The van der Waals surface area contributed by atoms with E-state index in [1.165, 1.54) is 99.7 Å². The van der Waals surface area contributed by atoms with E-state index in [1.807, 2.05) is 0 Å². The van der Waals surface area contributed by atoms with Crippen molar-refractivity contribution in [2.45, 2.75) is 108 Å². The van der Waals surface area contributed by atoms with E-state index in [2.05, 4.69) is 64.6 Å². The van der Waals surface area contributed by atoms with E-state index in [-0.39, 0.29) is 16.9 Å². The number of phenolic OH excluding ortho intramolecular Hbond substituents is 1. The molecule has 0 bridgehead atoms. The Morgan fingerprint density at radius 3 is 2.53 bits per heavy atom. The monoisotopic (exact) mass is 574 g/mol. The fourth-order valence-electron chi connectivity index (χ4n) is 12.6. The van der Waals surface area contributed by atoms with Crippen molar-refractivity contribution in [2.75, 3.05) is 26.2 Å². The standard InChI is InChI=1S/C38H46N4O/c1-3-36-15-7-20-41-22-18-38(35(36)41)26-11-12-29(43)31(32(26)39-30(38)13-17-36)28-23-37(4-2)16-8-19-40-21-14-25-24-9-5-6-10-27(24)42(28)33(25)34(37)40/h5-6,9-12,28,34-35,43H,3-4,7-8,13-23H2,1-2H3. The van der Waals surface area contributed by atoms with Crippen molar-refractivity contribution in [2.24, 2.45) is 15.8 Å². The molecule has 6 atom stereocenters. The molecule has 224 valence electrons. The van der Waals surface area contributed by atoms with E-state index in [1.54, 1.807) is 11.3 Å². The van der Waals surface area contributed by atoms with Crippen molar-refractivity contribution >= 4 is 22.3 Å². The first-order valence-electron chi connectivity index (χ1n) is 17.6. The Morgan fingerprint density at radius 2 is 1.67 bits per heavy atom. The lowest BCUT2D eigenvalue weighted by atomic mass is 9.53. The number of phenols is 1. The van der Waals surface area contributed by atoms with Crippen LogP contribution in [0.1, 0.15) is 113 Å². The summed E-state index contributed by atoms with van der Waals surface area (Å²) >= 11 is 0. The normalized spacial score (nSPS) is 37.5. The zero-order valence-electron chi connectivity index (χ0n) is 26.0. The van der Waals surface area contributed by atoms with Gasteiger partial charge in [-0.2, -0.15) is 0 Å². The second-order valence-electron chi connectivity index (χ2n) is 15.4. The van der Waals surface area contributed by atoms with Crippen LogP contribution in [0.5, 0.6) is 5.75 Å². The van der Waals surface area contributed by atoms with Gasteiger partial charge in [-0.25, -0.2) is 0 Å². The summed E-state index contributed by atoms with van der Waals surface area (Å²) in [4.78, 5) is 11.4. The highest BCUT2D eigenvalue weighted by Crippen LogP contribution is 2.66. The van der Waals surface area contributed by atoms with Crippen LogP contribution in [-0.4, -0.2) is 57.4 Å². The Labute approximate surface area is 256 Å². The lowest BCUT2D eigenvalue weighted by molar-refractivity contribution is -0.0313. The van der Waals surface area contributed by atoms with Gasteiger partial charge in [-0.3, -0.25) is 14.8 Å². The summed E-state index contributed by atoms with van der Waals surface area (Å²) in [6, 6.07) is 14.7. The van der Waals surface area contributed by atoms with E-state index in [4.69, 9.17) is 4.99 Å². The lowest BCUT2D eigenvalue weighted by Gasteiger charge is -2.57. The molecule has 4 fully saturated rings. The first-order valence-corrected chi connectivity index (χ1v) is 17.6. The van der Waals surface area contributed by atoms with Crippen LogP contribution < -0.4 is 0 Å². The van der Waals surface area contributed by atoms with Gasteiger partial charge in [0.15, 0.2) is 0 Å². The minimum Gasteiger partial charge on any atom is -0.508 e. The molecule has 1 aromatic heterocycles. The summed E-state index contributed by atoms with van der Waals surface area (Å²) in [5.41, 5.74) is 10.3. The van der Waals surface area contributed by atoms with Crippen molar-refractivity contribution < 1.29 is 5.11 Å². The van der Waals surface area contributed by atoms with Gasteiger partial charge in [-0.15, -0.1) is 0 Å². The molecular formula is C38H46N4O. The van der Waals surface area contributed by atoms with Crippen molar-refractivity contribution in [3.8, 4) is 5.75 Å². The second-order valence-corrected chi connectivity index (χ2v) is 15.4. The predicted octanol–water partition coefficient (Wildman–Crippen LogP) is 7.81. The summed E-state index contributed by atoms with van der Waals surface area (Å²) in [7, 11) is 0. The molecule has 1 N–H and O–H groups in total. The number of rotatable bonds is 3. The number of fused-ring (bicyclic) bond motifs is 4. The van der Waals surface area contributed by atoms with E-state index < -0.39 is 0 Å². The SMILES string of the molecule is CCC12CCCN3CCc4c(n(c5ccccc45)C(c4c(O)ccc5c4N=C4CCC6(CC)CCCN7CCC45C76)C1)C32. The number of nitrogens with zero attached hydrogens (tertiary/aromatic N) is 4. The van der Waals surface area contributed by atoms with Crippen LogP contribution in [0.2, 0.25) is 0 Å². The van der Waals surface area contributed by atoms with Crippen LogP contribution >= 0.6 is 0 Å². The van der Waals surface area contributed by atoms with E-state index in [0.717, 1.165) is 30.5 Å². The van der Waals surface area contributed by atoms with Gasteiger partial charge in [0.05, 0.1) is 23.2 Å². The molecule has 6 aliphatic heterocycles. The molecule has 5 nitrogen and oxygen atoms in total. The Balaban J connectivity index is 1.23. The van der Waals surface area contributed by atoms with Crippen LogP contribution in [0.15, 0.2) is 41.4 Å². The van der Waals surface area contributed by atoms with Gasteiger partial charge in [0.25, 0.3) is 0 Å². The van der Waals surface area contributed by atoms with Crippen molar-refractivity contribution in [1.29, 1.82) is 0 Å². The summed E-state index contributed by atoms with van der Waals surface area (Å²) < 4.78 is 2.72. The number of benzene rings is 2. The number of hydrogen-bond acceptors (Lipinski definition) is 4. The largest absolute Gasteiger partial charge is 0.508 e. The zero-order valence-corrected chi connectivity index (χ0v) is 26.0. The topological polar surface area (TPSA) is 44.0 Å². The van der Waals surface area contributed by atoms with E-state index in [9.17, 15) is 5.11 Å². The molecule has 43 heavy (non-hydrogen) atoms. The molecular weight excluding hydrogens is 528 g/mol. The van der Waals surface area contributed by atoms with Crippen molar-refractivity contribution in [3.63, 3.8) is 0 Å². The molecule has 10 rings (SSSR count). The third-order valence-corrected chi connectivity index (χ3v) is 14.3. The van der Waals surface area contributed by atoms with Crippen molar-refractivity contribution in [1.82, 2.24) is 14.4 Å². The fourth-order valence-corrected chi connectivity index (χ4v) is 12.6. The maximum atomic E-state index is 12.0. The Morgan fingerprint density at radius 1 is 0.860 bits per heavy atom. The number of piperidine rings is 2. The van der Waals surface area contributed by atoms with Crippen molar-refractivity contribution in [3.05, 3.63) is 58.8 Å². The number of aliphatic imine (C=N–C) groups is 1. The molecule has 1 saturated carbocycles. The molecule has 6 unspecified atom stereocenters. The third kappa shape index (κ3) is 2.91. The van der Waals surface area contributed by atoms with Crippen LogP contribution in [0, 0.1) is 10.8 Å². The highest BCUT2D eigenvalue weighted by atomic mass is 16.3. The van der Waals surface area contributed by atoms with E-state index >= 15 is 0 Å². The van der Waals surface area contributed by atoms with Gasteiger partial charge in [-0.05, 0) is 124 Å². The quantitative estimate of drug-likeness (QED) is 0.347. The van der Waals surface area contributed by atoms with Gasteiger partial charge < -0.3 is 9.67 Å². The number of aromatic hydroxyl groups is 1. The maximum absolute atomic E-state index is 12.0. The summed E-state index contributed by atoms with van der Waals surface area (Å²) in [5, 5.41) is 13.4. The molecule has 1 aliphatic carbocycles. The molecule has 7 heterocycles. The first kappa shape index (κ1) is 25.7. The molecule has 7 aliphatic rings. The number of hydrogen-bond donors (Lipinski definition) is 1. The zero-order chi connectivity index (χ0) is 28.7. The molecule has 2 aromatic carbocycles. The second kappa shape index (κ2) is 8.54. The molecule has 0 amide bonds. The summed E-state index contributed by atoms with van der Waals surface area (Å²) in [6.45, 7) is 9.72. The van der Waals surface area contributed by atoms with Gasteiger partial charge >= 0.3 is 0 Å². The number of para-hydroxylation sites is 1. The van der Waals surface area contributed by atoms with Crippen LogP contribution in [0.4, 0.5) is 5.69 Å². The lowest BCUT2D eigenvalue weighted by Crippen LogP contribution is -2.61. The Kier molecular flexibility index (Phi) is 5.10. The minimum atomic E-state index is 0.0337. The predicted molar refractivity (Wildman–Crippen MR) is 173 cm³/mol. The van der Waals surface area contributed by atoms with Crippen LogP contribution in [-0.2, 0) is 11.8 Å². The molecule has 5 heteroatoms. The van der Waals surface area contributed by atoms with Gasteiger partial charge in [0.2, 0.25) is 0 Å². The molecule has 3 aromatic rings. The smallest absolute Gasteiger partial charge is 0.123 e. The average Bonchev–Trinajstić information content (AvgIpc) is 3.71. The van der Waals surface area contributed by atoms with Gasteiger partial charge in [0.1, 0.15) is 5.75 Å². The molecule has 3 saturated heterocycles. The average molecular weight is 575 g/mol. The maximum Gasteiger partial charge on any atom is 0.123 e. The van der Waals surface area contributed by atoms with Gasteiger partial charge in [-0.1, -0.05) is 38.1 Å². The Bertz CT molecular complexity index is 1720. The van der Waals surface area contributed by atoms with Crippen LogP contribution in [0.3, 0.4) is 0 Å². The summed E-state index contributed by atoms with van der Waals surface area (Å²) in [5.74, 6) is 0.461. The first-order chi connectivity index (χ1) is 21.1. The highest BCUT2D eigenvalue weighted by molar-refractivity contribution is 6.05. The Hall–Kier alpha value is -2.63. The van der Waals surface area contributed by atoms with Gasteiger partial charge in [0, 0.05) is 40.5 Å². The van der Waals surface area contributed by atoms with Crippen LogP contribution in [0.25, 0.3) is 10.9 Å². The van der Waals surface area contributed by atoms with E-state index in [0.29, 0.717) is 23.2 Å².